The number of aryl methyl sites for hydroxylation is 1. The average Bonchev–Trinajstić information content (AvgIpc) is 3.24. The van der Waals surface area contributed by atoms with Gasteiger partial charge in [-0.05, 0) is 120 Å². The molecule has 0 radical (unpaired) electrons. The van der Waals surface area contributed by atoms with Crippen molar-refractivity contribution in [2.45, 2.75) is 13.8 Å². The molecule has 0 bridgehead atoms. The molecule has 0 spiro atoms. The van der Waals surface area contributed by atoms with Crippen LogP contribution in [-0.2, 0) is 9.53 Å². The molecule has 7 aromatic rings. The van der Waals surface area contributed by atoms with Crippen LogP contribution in [0.4, 0.5) is 0 Å². The molecular weight excluding hydrogens is 713 g/mol. The number of ether oxygens (including phenoxy) is 5. The lowest BCUT2D eigenvalue weighted by atomic mass is 9.93. The fourth-order valence-electron chi connectivity index (χ4n) is 6.40. The van der Waals surface area contributed by atoms with Gasteiger partial charge in [0.2, 0.25) is 0 Å². The highest BCUT2D eigenvalue weighted by atomic mass is 16.5. The van der Waals surface area contributed by atoms with Gasteiger partial charge in [-0.2, -0.15) is 0 Å². The molecule has 0 aromatic heterocycles. The topological polar surface area (TPSA) is 83.5 Å². The van der Waals surface area contributed by atoms with Crippen molar-refractivity contribution >= 4 is 11.5 Å². The monoisotopic (exact) mass is 754 g/mol. The van der Waals surface area contributed by atoms with E-state index in [1.807, 2.05) is 117 Å². The lowest BCUT2D eigenvalue weighted by Crippen LogP contribution is -2.11. The van der Waals surface area contributed by atoms with Gasteiger partial charge in [-0.15, -0.1) is 0 Å². The molecule has 0 saturated carbocycles. The Bertz CT molecular complexity index is 2310. The summed E-state index contributed by atoms with van der Waals surface area (Å²) in [4.78, 5) is 11.0. The van der Waals surface area contributed by atoms with Gasteiger partial charge in [-0.25, -0.2) is 4.79 Å². The highest BCUT2D eigenvalue weighted by molar-refractivity contribution is 5.84. The van der Waals surface area contributed by atoms with Crippen molar-refractivity contribution in [3.05, 3.63) is 198 Å². The van der Waals surface area contributed by atoms with Gasteiger partial charge in [0.25, 0.3) is 0 Å². The SMILES string of the molecule is CCOC(COc1ccc(OCC(=O)O)c(C)c1)=C(c1ccc(-c2cccc(Oc3ccccc3)c2)cc1)c1ccc(-c2cccc(Oc3ccccc3)c2)cc1. The molecular formula is C50H42O7. The number of carbonyl (C=O) groups is 1. The smallest absolute Gasteiger partial charge is 0.341 e. The molecule has 57 heavy (non-hydrogen) atoms. The van der Waals surface area contributed by atoms with Crippen molar-refractivity contribution in [2.24, 2.45) is 0 Å². The standard InChI is InChI=1S/C50H42O7/c1-3-53-48(33-54-44-28-29-47(35(2)30-44)55-34-49(51)52)50(38-24-20-36(21-25-38)40-12-10-18-45(31-40)56-42-14-6-4-7-15-42)39-26-22-37(23-27-39)41-13-11-19-46(32-41)57-43-16-8-5-9-17-43/h4-32H,3,33-34H2,1-2H3,(H,51,52). The van der Waals surface area contributed by atoms with Crippen LogP contribution in [0.3, 0.4) is 0 Å². The molecule has 7 nitrogen and oxygen atoms in total. The van der Waals surface area contributed by atoms with Gasteiger partial charge in [-0.3, -0.25) is 0 Å². The van der Waals surface area contributed by atoms with Gasteiger partial charge in [0.05, 0.1) is 6.61 Å². The summed E-state index contributed by atoms with van der Waals surface area (Å²) in [5.41, 5.74) is 7.72. The van der Waals surface area contributed by atoms with Crippen LogP contribution in [0.15, 0.2) is 182 Å². The quantitative estimate of drug-likeness (QED) is 0.0983. The highest BCUT2D eigenvalue weighted by Gasteiger charge is 2.17. The minimum absolute atomic E-state index is 0.152. The van der Waals surface area contributed by atoms with E-state index in [1.165, 1.54) is 0 Å². The number of aliphatic carboxylic acids is 1. The van der Waals surface area contributed by atoms with Gasteiger partial charge in [0.15, 0.2) is 6.61 Å². The molecule has 0 fully saturated rings. The molecule has 7 aromatic carbocycles. The van der Waals surface area contributed by atoms with Crippen LogP contribution < -0.4 is 18.9 Å². The first-order valence-corrected chi connectivity index (χ1v) is 18.7. The van der Waals surface area contributed by atoms with Crippen LogP contribution in [0, 0.1) is 6.92 Å². The summed E-state index contributed by atoms with van der Waals surface area (Å²) in [6.07, 6.45) is 0. The number of rotatable bonds is 16. The Balaban J connectivity index is 1.20. The summed E-state index contributed by atoms with van der Waals surface area (Å²) in [5.74, 6) is 3.79. The fraction of sp³-hybridized carbons (Fsp3) is 0.100. The third-order valence-electron chi connectivity index (χ3n) is 9.10. The first-order valence-electron chi connectivity index (χ1n) is 18.7. The summed E-state index contributed by atoms with van der Waals surface area (Å²) in [6.45, 7) is 3.97. The lowest BCUT2D eigenvalue weighted by molar-refractivity contribution is -0.139. The van der Waals surface area contributed by atoms with E-state index in [0.29, 0.717) is 23.9 Å². The number of benzene rings is 7. The number of hydrogen-bond acceptors (Lipinski definition) is 6. The van der Waals surface area contributed by atoms with Crippen molar-refractivity contribution in [1.82, 2.24) is 0 Å². The molecule has 0 aliphatic heterocycles. The maximum absolute atomic E-state index is 11.0. The molecule has 0 aliphatic rings. The Morgan fingerprint density at radius 1 is 0.491 bits per heavy atom. The zero-order chi connectivity index (χ0) is 39.4. The molecule has 0 atom stereocenters. The van der Waals surface area contributed by atoms with Crippen LogP contribution in [0.1, 0.15) is 23.6 Å². The number of hydrogen-bond donors (Lipinski definition) is 1. The molecule has 0 amide bonds. The summed E-state index contributed by atoms with van der Waals surface area (Å²) in [5, 5.41) is 9.04. The van der Waals surface area contributed by atoms with Crippen LogP contribution in [-0.4, -0.2) is 30.9 Å². The summed E-state index contributed by atoms with van der Waals surface area (Å²) >= 11 is 0. The van der Waals surface area contributed by atoms with E-state index in [4.69, 9.17) is 28.8 Å². The summed E-state index contributed by atoms with van der Waals surface area (Å²) in [6, 6.07) is 57.7. The second-order valence-electron chi connectivity index (χ2n) is 13.2. The van der Waals surface area contributed by atoms with Gasteiger partial charge in [0.1, 0.15) is 46.9 Å². The minimum atomic E-state index is -1.04. The Hall–Kier alpha value is -7.25. The Morgan fingerprint density at radius 2 is 1.00 bits per heavy atom. The third kappa shape index (κ3) is 10.1. The van der Waals surface area contributed by atoms with Crippen LogP contribution in [0.5, 0.6) is 34.5 Å². The minimum Gasteiger partial charge on any atom is -0.494 e. The van der Waals surface area contributed by atoms with Gasteiger partial charge in [0, 0.05) is 5.57 Å². The van der Waals surface area contributed by atoms with E-state index in [-0.39, 0.29) is 6.61 Å². The predicted molar refractivity (Wildman–Crippen MR) is 224 cm³/mol. The van der Waals surface area contributed by atoms with Crippen molar-refractivity contribution in [1.29, 1.82) is 0 Å². The molecule has 1 N–H and O–H groups in total. The zero-order valence-electron chi connectivity index (χ0n) is 31.8. The highest BCUT2D eigenvalue weighted by Crippen LogP contribution is 2.35. The lowest BCUT2D eigenvalue weighted by Gasteiger charge is -2.19. The van der Waals surface area contributed by atoms with Gasteiger partial charge in [-0.1, -0.05) is 109 Å². The van der Waals surface area contributed by atoms with E-state index in [0.717, 1.165) is 67.5 Å². The molecule has 0 heterocycles. The molecule has 0 unspecified atom stereocenters. The van der Waals surface area contributed by atoms with Crippen molar-refractivity contribution in [3.8, 4) is 56.8 Å². The Labute approximate surface area is 333 Å². The molecule has 284 valence electrons. The van der Waals surface area contributed by atoms with E-state index in [9.17, 15) is 4.79 Å². The van der Waals surface area contributed by atoms with Crippen molar-refractivity contribution in [2.75, 3.05) is 19.8 Å². The third-order valence-corrected chi connectivity index (χ3v) is 9.10. The van der Waals surface area contributed by atoms with E-state index in [1.54, 1.807) is 12.1 Å². The summed E-state index contributed by atoms with van der Waals surface area (Å²) < 4.78 is 30.3. The molecule has 7 heteroatoms. The number of carboxylic acids is 1. The molecule has 0 aliphatic carbocycles. The largest absolute Gasteiger partial charge is 0.494 e. The van der Waals surface area contributed by atoms with E-state index < -0.39 is 12.6 Å². The maximum Gasteiger partial charge on any atom is 0.341 e. The van der Waals surface area contributed by atoms with Crippen LogP contribution in [0.2, 0.25) is 0 Å². The first kappa shape index (κ1) is 38.0. The van der Waals surface area contributed by atoms with Crippen LogP contribution in [0.25, 0.3) is 27.8 Å². The second-order valence-corrected chi connectivity index (χ2v) is 13.2. The first-order chi connectivity index (χ1) is 27.9. The number of para-hydroxylation sites is 2. The fourth-order valence-corrected chi connectivity index (χ4v) is 6.40. The van der Waals surface area contributed by atoms with E-state index >= 15 is 0 Å². The Morgan fingerprint density at radius 3 is 1.47 bits per heavy atom. The van der Waals surface area contributed by atoms with Crippen molar-refractivity contribution < 1.29 is 33.6 Å². The normalized spacial score (nSPS) is 10.6. The molecule has 0 saturated heterocycles. The number of carboxylic acid groups (broad SMARTS) is 1. The predicted octanol–water partition coefficient (Wildman–Crippen LogP) is 12.3. The van der Waals surface area contributed by atoms with E-state index in [2.05, 4.69) is 60.7 Å². The van der Waals surface area contributed by atoms with Crippen LogP contribution >= 0.6 is 0 Å². The summed E-state index contributed by atoms with van der Waals surface area (Å²) in [7, 11) is 0. The second kappa shape index (κ2) is 18.4. The zero-order valence-corrected chi connectivity index (χ0v) is 31.8. The van der Waals surface area contributed by atoms with Crippen molar-refractivity contribution in [3.63, 3.8) is 0 Å². The van der Waals surface area contributed by atoms with Gasteiger partial charge >= 0.3 is 5.97 Å². The van der Waals surface area contributed by atoms with Gasteiger partial charge < -0.3 is 28.8 Å². The maximum atomic E-state index is 11.0. The Kier molecular flexibility index (Phi) is 12.3. The average molecular weight is 755 g/mol. The molecule has 7 rings (SSSR count).